The van der Waals surface area contributed by atoms with Gasteiger partial charge in [0.1, 0.15) is 0 Å². The van der Waals surface area contributed by atoms with Crippen LogP contribution in [0.3, 0.4) is 0 Å². The number of halogens is 1. The second-order valence-electron chi connectivity index (χ2n) is 5.82. The van der Waals surface area contributed by atoms with E-state index in [4.69, 9.17) is 4.74 Å². The lowest BCUT2D eigenvalue weighted by molar-refractivity contribution is -0.150. The molecule has 2 atom stereocenters. The molecule has 0 aromatic heterocycles. The number of amides is 1. The Labute approximate surface area is 156 Å². The first-order chi connectivity index (χ1) is 12.0. The van der Waals surface area contributed by atoms with Crippen LogP contribution in [0.5, 0.6) is 0 Å². The van der Waals surface area contributed by atoms with Crippen LogP contribution in [0.4, 0.5) is 0 Å². The first kappa shape index (κ1) is 19.2. The maximum absolute atomic E-state index is 12.3. The second-order valence-corrected chi connectivity index (χ2v) is 6.74. The highest BCUT2D eigenvalue weighted by Gasteiger charge is 2.21. The molecular weight excluding hydrogens is 382 g/mol. The molecule has 0 spiro atoms. The predicted molar refractivity (Wildman–Crippen MR) is 101 cm³/mol. The van der Waals surface area contributed by atoms with Gasteiger partial charge in [-0.1, -0.05) is 65.3 Å². The van der Waals surface area contributed by atoms with Crippen LogP contribution in [0, 0.1) is 0 Å². The van der Waals surface area contributed by atoms with Crippen LogP contribution >= 0.6 is 15.9 Å². The van der Waals surface area contributed by atoms with Crippen molar-refractivity contribution in [1.29, 1.82) is 0 Å². The smallest absolute Gasteiger partial charge is 0.313 e. The Kier molecular flexibility index (Phi) is 7.19. The highest BCUT2D eigenvalue weighted by Crippen LogP contribution is 2.21. The zero-order valence-corrected chi connectivity index (χ0v) is 16.0. The van der Waals surface area contributed by atoms with Gasteiger partial charge in [0.05, 0.1) is 12.0 Å². The van der Waals surface area contributed by atoms with Crippen molar-refractivity contribution in [1.82, 2.24) is 5.32 Å². The third-order valence-corrected chi connectivity index (χ3v) is 4.52. The Morgan fingerprint density at radius 2 is 1.68 bits per heavy atom. The summed E-state index contributed by atoms with van der Waals surface area (Å²) < 4.78 is 6.19. The van der Waals surface area contributed by atoms with E-state index in [9.17, 15) is 9.59 Å². The first-order valence-electron chi connectivity index (χ1n) is 8.27. The summed E-state index contributed by atoms with van der Waals surface area (Å²) >= 11 is 3.38. The van der Waals surface area contributed by atoms with E-state index in [0.29, 0.717) is 6.42 Å². The molecule has 0 unspecified atom stereocenters. The van der Waals surface area contributed by atoms with Crippen LogP contribution in [-0.2, 0) is 14.3 Å². The number of rotatable bonds is 7. The SMILES string of the molecule is CC[C@H](C(=O)OCC(=O)N[C@H](C)c1ccc(Br)cc1)c1ccccc1. The molecule has 2 aromatic carbocycles. The fourth-order valence-corrected chi connectivity index (χ4v) is 2.84. The van der Waals surface area contributed by atoms with Crippen LogP contribution in [0.1, 0.15) is 43.4 Å². The van der Waals surface area contributed by atoms with E-state index in [1.165, 1.54) is 0 Å². The molecule has 1 N–H and O–H groups in total. The Balaban J connectivity index is 1.86. The third-order valence-electron chi connectivity index (χ3n) is 3.99. The lowest BCUT2D eigenvalue weighted by Gasteiger charge is -2.17. The van der Waals surface area contributed by atoms with Crippen molar-refractivity contribution in [3.05, 3.63) is 70.2 Å². The zero-order chi connectivity index (χ0) is 18.2. The first-order valence-corrected chi connectivity index (χ1v) is 9.07. The van der Waals surface area contributed by atoms with Gasteiger partial charge in [-0.3, -0.25) is 9.59 Å². The molecule has 2 rings (SSSR count). The van der Waals surface area contributed by atoms with Gasteiger partial charge in [-0.2, -0.15) is 0 Å². The summed E-state index contributed by atoms with van der Waals surface area (Å²) in [5.74, 6) is -1.04. The Morgan fingerprint density at radius 3 is 2.28 bits per heavy atom. The molecule has 4 nitrogen and oxygen atoms in total. The molecule has 132 valence electrons. The van der Waals surface area contributed by atoms with E-state index in [1.807, 2.05) is 68.4 Å². The fraction of sp³-hybridized carbons (Fsp3) is 0.300. The molecule has 1 amide bonds. The summed E-state index contributed by atoms with van der Waals surface area (Å²) in [6.07, 6.45) is 0.625. The largest absolute Gasteiger partial charge is 0.455 e. The molecule has 2 aromatic rings. The monoisotopic (exact) mass is 403 g/mol. The van der Waals surface area contributed by atoms with Gasteiger partial charge in [-0.15, -0.1) is 0 Å². The van der Waals surface area contributed by atoms with E-state index < -0.39 is 0 Å². The Morgan fingerprint density at radius 1 is 1.04 bits per heavy atom. The summed E-state index contributed by atoms with van der Waals surface area (Å²) in [6.45, 7) is 3.54. The van der Waals surface area contributed by atoms with E-state index in [2.05, 4.69) is 21.2 Å². The van der Waals surface area contributed by atoms with Crippen LogP contribution in [0.25, 0.3) is 0 Å². The topological polar surface area (TPSA) is 55.4 Å². The number of benzene rings is 2. The van der Waals surface area contributed by atoms with E-state index in [-0.39, 0.29) is 30.4 Å². The number of carbonyl (C=O) groups is 2. The lowest BCUT2D eigenvalue weighted by Crippen LogP contribution is -2.32. The van der Waals surface area contributed by atoms with Crippen molar-refractivity contribution in [2.24, 2.45) is 0 Å². The van der Waals surface area contributed by atoms with E-state index in [1.54, 1.807) is 0 Å². The van der Waals surface area contributed by atoms with Gasteiger partial charge in [0.15, 0.2) is 6.61 Å². The van der Waals surface area contributed by atoms with Gasteiger partial charge in [0.25, 0.3) is 5.91 Å². The maximum atomic E-state index is 12.3. The summed E-state index contributed by atoms with van der Waals surface area (Å²) in [5.41, 5.74) is 1.89. The van der Waals surface area contributed by atoms with Gasteiger partial charge in [-0.05, 0) is 36.6 Å². The molecule has 0 aliphatic carbocycles. The molecule has 0 radical (unpaired) electrons. The summed E-state index contributed by atoms with van der Waals surface area (Å²) in [4.78, 5) is 24.3. The second kappa shape index (κ2) is 9.37. The number of nitrogens with one attached hydrogen (secondary N) is 1. The van der Waals surface area contributed by atoms with Crippen LogP contribution < -0.4 is 5.32 Å². The standard InChI is InChI=1S/C20H22BrNO3/c1-3-18(16-7-5-4-6-8-16)20(24)25-13-19(23)22-14(2)15-9-11-17(21)12-10-15/h4-12,14,18H,3,13H2,1-2H3,(H,22,23)/t14-,18+/m1/s1. The summed E-state index contributed by atoms with van der Waals surface area (Å²) in [7, 11) is 0. The molecule has 0 heterocycles. The average molecular weight is 404 g/mol. The lowest BCUT2D eigenvalue weighted by atomic mass is 9.97. The molecule has 0 saturated carbocycles. The van der Waals surface area contributed by atoms with Crippen molar-refractivity contribution in [2.75, 3.05) is 6.61 Å². The molecule has 0 aliphatic heterocycles. The molecule has 5 heteroatoms. The van der Waals surface area contributed by atoms with Crippen molar-refractivity contribution >= 4 is 27.8 Å². The highest BCUT2D eigenvalue weighted by atomic mass is 79.9. The van der Waals surface area contributed by atoms with Gasteiger partial charge in [-0.25, -0.2) is 0 Å². The molecule has 0 fully saturated rings. The van der Waals surface area contributed by atoms with E-state index in [0.717, 1.165) is 15.6 Å². The van der Waals surface area contributed by atoms with Gasteiger partial charge >= 0.3 is 5.97 Å². The molecule has 0 bridgehead atoms. The Bertz CT molecular complexity index is 701. The van der Waals surface area contributed by atoms with Crippen LogP contribution in [0.2, 0.25) is 0 Å². The van der Waals surface area contributed by atoms with Crippen LogP contribution in [0.15, 0.2) is 59.1 Å². The van der Waals surface area contributed by atoms with Crippen molar-refractivity contribution < 1.29 is 14.3 Å². The number of ether oxygens (including phenoxy) is 1. The van der Waals surface area contributed by atoms with Gasteiger partial charge in [0, 0.05) is 4.47 Å². The van der Waals surface area contributed by atoms with Crippen molar-refractivity contribution in [3.63, 3.8) is 0 Å². The average Bonchev–Trinajstić information content (AvgIpc) is 2.62. The van der Waals surface area contributed by atoms with E-state index >= 15 is 0 Å². The Hall–Kier alpha value is -2.14. The maximum Gasteiger partial charge on any atom is 0.313 e. The van der Waals surface area contributed by atoms with Crippen LogP contribution in [-0.4, -0.2) is 18.5 Å². The third kappa shape index (κ3) is 5.71. The fourth-order valence-electron chi connectivity index (χ4n) is 2.58. The van der Waals surface area contributed by atoms with Crippen molar-refractivity contribution in [2.45, 2.75) is 32.2 Å². The molecule has 25 heavy (non-hydrogen) atoms. The van der Waals surface area contributed by atoms with Gasteiger partial charge in [0.2, 0.25) is 0 Å². The molecule has 0 saturated heterocycles. The number of hydrogen-bond donors (Lipinski definition) is 1. The molecular formula is C20H22BrNO3. The summed E-state index contributed by atoms with van der Waals surface area (Å²) in [6, 6.07) is 17.0. The minimum absolute atomic E-state index is 0.157. The minimum atomic E-state index is -0.375. The highest BCUT2D eigenvalue weighted by molar-refractivity contribution is 9.10. The van der Waals surface area contributed by atoms with Gasteiger partial charge < -0.3 is 10.1 Å². The minimum Gasteiger partial charge on any atom is -0.455 e. The number of carbonyl (C=O) groups excluding carboxylic acids is 2. The predicted octanol–water partition coefficient (Wildman–Crippen LogP) is 4.36. The quantitative estimate of drug-likeness (QED) is 0.698. The normalized spacial score (nSPS) is 12.9. The zero-order valence-electron chi connectivity index (χ0n) is 14.4. The summed E-state index contributed by atoms with van der Waals surface area (Å²) in [5, 5.41) is 2.84. The molecule has 0 aliphatic rings. The number of hydrogen-bond acceptors (Lipinski definition) is 3. The van der Waals surface area contributed by atoms with Crippen molar-refractivity contribution in [3.8, 4) is 0 Å². The number of esters is 1.